The molecule has 0 radical (unpaired) electrons. The predicted octanol–water partition coefficient (Wildman–Crippen LogP) is 3.52. The van der Waals surface area contributed by atoms with E-state index in [2.05, 4.69) is 40.2 Å². The summed E-state index contributed by atoms with van der Waals surface area (Å²) >= 11 is 0. The molecule has 0 amide bonds. The zero-order valence-corrected chi connectivity index (χ0v) is 12.9. The highest BCUT2D eigenvalue weighted by molar-refractivity contribution is 5.29. The van der Waals surface area contributed by atoms with Gasteiger partial charge in [-0.3, -0.25) is 4.98 Å². The van der Waals surface area contributed by atoms with E-state index in [9.17, 15) is 0 Å². The average Bonchev–Trinajstić information content (AvgIpc) is 2.97. The Bertz CT molecular complexity index is 747. The number of aromatic nitrogens is 3. The first-order chi connectivity index (χ1) is 10.7. The molecule has 0 N–H and O–H groups in total. The second-order valence-corrected chi connectivity index (χ2v) is 5.39. The smallest absolute Gasteiger partial charge is 0.231 e. The van der Waals surface area contributed by atoms with Crippen molar-refractivity contribution in [3.05, 3.63) is 76.7 Å². The molecule has 4 heteroatoms. The van der Waals surface area contributed by atoms with Gasteiger partial charge >= 0.3 is 0 Å². The zero-order chi connectivity index (χ0) is 15.4. The zero-order valence-electron chi connectivity index (χ0n) is 12.9. The van der Waals surface area contributed by atoms with Crippen molar-refractivity contribution in [1.82, 2.24) is 15.1 Å². The summed E-state index contributed by atoms with van der Waals surface area (Å²) in [5, 5.41) is 4.07. The summed E-state index contributed by atoms with van der Waals surface area (Å²) < 4.78 is 5.38. The fraction of sp³-hybridized carbons (Fsp3) is 0.278. The van der Waals surface area contributed by atoms with Crippen molar-refractivity contribution in [2.75, 3.05) is 0 Å². The van der Waals surface area contributed by atoms with Gasteiger partial charge in [0.1, 0.15) is 0 Å². The van der Waals surface area contributed by atoms with Crippen LogP contribution in [0.3, 0.4) is 0 Å². The standard InChI is InChI=1S/C18H19N3O/c1-3-15-6-4-5-7-16(15)11-18-20-17(21-22-18)10-14-9-8-13(2)19-12-14/h4-9,12H,3,10-11H2,1-2H3. The third-order valence-corrected chi connectivity index (χ3v) is 3.69. The second-order valence-electron chi connectivity index (χ2n) is 5.39. The minimum absolute atomic E-state index is 0.645. The van der Waals surface area contributed by atoms with E-state index in [1.54, 1.807) is 0 Å². The molecule has 0 aliphatic heterocycles. The average molecular weight is 293 g/mol. The summed E-state index contributed by atoms with van der Waals surface area (Å²) in [6, 6.07) is 12.4. The maximum Gasteiger partial charge on any atom is 0.231 e. The summed E-state index contributed by atoms with van der Waals surface area (Å²) in [5.41, 5.74) is 4.67. The maximum atomic E-state index is 5.38. The van der Waals surface area contributed by atoms with Crippen LogP contribution in [0.2, 0.25) is 0 Å². The van der Waals surface area contributed by atoms with Gasteiger partial charge in [0, 0.05) is 18.3 Å². The van der Waals surface area contributed by atoms with E-state index >= 15 is 0 Å². The Morgan fingerprint density at radius 2 is 1.82 bits per heavy atom. The van der Waals surface area contributed by atoms with E-state index in [-0.39, 0.29) is 0 Å². The summed E-state index contributed by atoms with van der Waals surface area (Å²) in [7, 11) is 0. The lowest BCUT2D eigenvalue weighted by Gasteiger charge is -2.03. The van der Waals surface area contributed by atoms with E-state index in [4.69, 9.17) is 4.52 Å². The van der Waals surface area contributed by atoms with E-state index < -0.39 is 0 Å². The van der Waals surface area contributed by atoms with E-state index in [0.29, 0.717) is 24.6 Å². The molecular formula is C18H19N3O. The van der Waals surface area contributed by atoms with Gasteiger partial charge < -0.3 is 4.52 Å². The van der Waals surface area contributed by atoms with Crippen LogP contribution in [-0.4, -0.2) is 15.1 Å². The molecule has 4 nitrogen and oxygen atoms in total. The molecule has 2 heterocycles. The van der Waals surface area contributed by atoms with E-state index in [1.807, 2.05) is 31.3 Å². The van der Waals surface area contributed by atoms with Crippen LogP contribution >= 0.6 is 0 Å². The quantitative estimate of drug-likeness (QED) is 0.722. The van der Waals surface area contributed by atoms with Crippen molar-refractivity contribution in [2.24, 2.45) is 0 Å². The van der Waals surface area contributed by atoms with Crippen molar-refractivity contribution in [2.45, 2.75) is 33.1 Å². The summed E-state index contributed by atoms with van der Waals surface area (Å²) in [5.74, 6) is 1.37. The number of hydrogen-bond donors (Lipinski definition) is 0. The molecule has 3 aromatic rings. The fourth-order valence-corrected chi connectivity index (χ4v) is 2.46. The first kappa shape index (κ1) is 14.4. The Morgan fingerprint density at radius 1 is 1.00 bits per heavy atom. The molecular weight excluding hydrogens is 274 g/mol. The van der Waals surface area contributed by atoms with Crippen LogP contribution in [0.4, 0.5) is 0 Å². The molecule has 1 aromatic carbocycles. The van der Waals surface area contributed by atoms with Crippen LogP contribution in [0.1, 0.15) is 41.0 Å². The van der Waals surface area contributed by atoms with Crippen molar-refractivity contribution < 1.29 is 4.52 Å². The largest absolute Gasteiger partial charge is 0.339 e. The Kier molecular flexibility index (Phi) is 4.28. The molecule has 0 unspecified atom stereocenters. The van der Waals surface area contributed by atoms with Gasteiger partial charge in [0.15, 0.2) is 5.82 Å². The Morgan fingerprint density at radius 3 is 2.55 bits per heavy atom. The number of nitrogens with zero attached hydrogens (tertiary/aromatic N) is 3. The summed E-state index contributed by atoms with van der Waals surface area (Å²) in [6.07, 6.45) is 4.19. The van der Waals surface area contributed by atoms with Gasteiger partial charge in [-0.25, -0.2) is 0 Å². The minimum atomic E-state index is 0.645. The Balaban J connectivity index is 1.72. The normalized spacial score (nSPS) is 10.8. The van der Waals surface area contributed by atoms with Gasteiger partial charge in [0.25, 0.3) is 0 Å². The summed E-state index contributed by atoms with van der Waals surface area (Å²) in [4.78, 5) is 8.78. The molecule has 0 aliphatic rings. The molecule has 0 fully saturated rings. The number of aryl methyl sites for hydroxylation is 2. The van der Waals surface area contributed by atoms with Crippen molar-refractivity contribution in [3.8, 4) is 0 Å². The van der Waals surface area contributed by atoms with Gasteiger partial charge in [-0.2, -0.15) is 4.98 Å². The predicted molar refractivity (Wildman–Crippen MR) is 84.7 cm³/mol. The molecule has 0 saturated carbocycles. The Labute approximate surface area is 130 Å². The second kappa shape index (κ2) is 6.52. The lowest BCUT2D eigenvalue weighted by atomic mass is 10.0. The molecule has 112 valence electrons. The van der Waals surface area contributed by atoms with Gasteiger partial charge in [-0.1, -0.05) is 42.4 Å². The molecule has 0 spiro atoms. The first-order valence-electron chi connectivity index (χ1n) is 7.54. The van der Waals surface area contributed by atoms with Crippen LogP contribution in [0.5, 0.6) is 0 Å². The molecule has 0 aliphatic carbocycles. The highest BCUT2D eigenvalue weighted by Crippen LogP contribution is 2.15. The van der Waals surface area contributed by atoms with E-state index in [0.717, 1.165) is 17.7 Å². The fourth-order valence-electron chi connectivity index (χ4n) is 2.46. The van der Waals surface area contributed by atoms with Gasteiger partial charge in [0.2, 0.25) is 5.89 Å². The molecule has 0 atom stereocenters. The molecule has 0 bridgehead atoms. The van der Waals surface area contributed by atoms with Crippen molar-refractivity contribution in [3.63, 3.8) is 0 Å². The minimum Gasteiger partial charge on any atom is -0.339 e. The van der Waals surface area contributed by atoms with Crippen molar-refractivity contribution >= 4 is 0 Å². The van der Waals surface area contributed by atoms with Crippen LogP contribution < -0.4 is 0 Å². The number of benzene rings is 1. The van der Waals surface area contributed by atoms with Crippen molar-refractivity contribution in [1.29, 1.82) is 0 Å². The lowest BCUT2D eigenvalue weighted by molar-refractivity contribution is 0.380. The SMILES string of the molecule is CCc1ccccc1Cc1nc(Cc2ccc(C)nc2)no1. The molecule has 22 heavy (non-hydrogen) atoms. The highest BCUT2D eigenvalue weighted by atomic mass is 16.5. The van der Waals surface area contributed by atoms with E-state index in [1.165, 1.54) is 11.1 Å². The van der Waals surface area contributed by atoms with Crippen LogP contribution in [-0.2, 0) is 19.3 Å². The third-order valence-electron chi connectivity index (χ3n) is 3.69. The lowest BCUT2D eigenvalue weighted by Crippen LogP contribution is -1.96. The molecule has 2 aromatic heterocycles. The van der Waals surface area contributed by atoms with Gasteiger partial charge in [-0.05, 0) is 36.1 Å². The number of hydrogen-bond acceptors (Lipinski definition) is 4. The molecule has 0 saturated heterocycles. The van der Waals surface area contributed by atoms with Gasteiger partial charge in [-0.15, -0.1) is 0 Å². The van der Waals surface area contributed by atoms with Crippen LogP contribution in [0, 0.1) is 6.92 Å². The highest BCUT2D eigenvalue weighted by Gasteiger charge is 2.10. The first-order valence-corrected chi connectivity index (χ1v) is 7.54. The maximum absolute atomic E-state index is 5.38. The third kappa shape index (κ3) is 3.39. The van der Waals surface area contributed by atoms with Crippen LogP contribution in [0.15, 0.2) is 47.1 Å². The monoisotopic (exact) mass is 293 g/mol. The topological polar surface area (TPSA) is 51.8 Å². The summed E-state index contributed by atoms with van der Waals surface area (Å²) in [6.45, 7) is 4.13. The van der Waals surface area contributed by atoms with Gasteiger partial charge in [0.05, 0.1) is 6.42 Å². The Hall–Kier alpha value is -2.49. The number of rotatable bonds is 5. The number of pyridine rings is 1. The van der Waals surface area contributed by atoms with Crippen LogP contribution in [0.25, 0.3) is 0 Å². The molecule has 3 rings (SSSR count).